The molecule has 0 saturated carbocycles. The molecule has 0 bridgehead atoms. The highest BCUT2D eigenvalue weighted by atomic mass is 32.1. The van der Waals surface area contributed by atoms with Gasteiger partial charge in [-0.05, 0) is 11.4 Å². The molecule has 5 heteroatoms. The number of thiophene rings is 1. The first kappa shape index (κ1) is 9.02. The van der Waals surface area contributed by atoms with E-state index in [0.29, 0.717) is 6.61 Å². The van der Waals surface area contributed by atoms with Crippen LogP contribution in [-0.2, 0) is 11.3 Å². The normalized spacial score (nSPS) is 11.8. The fourth-order valence-electron chi connectivity index (χ4n) is 0.680. The van der Waals surface area contributed by atoms with E-state index in [1.54, 1.807) is 11.3 Å². The monoisotopic (exact) mass is 186 g/mol. The molecule has 1 rings (SSSR count). The summed E-state index contributed by atoms with van der Waals surface area (Å²) < 4.78 is 5.13. The van der Waals surface area contributed by atoms with E-state index in [-0.39, 0.29) is 12.4 Å². The molecule has 1 aromatic heterocycles. The van der Waals surface area contributed by atoms with Gasteiger partial charge in [-0.3, -0.25) is 0 Å². The zero-order valence-electron chi connectivity index (χ0n) is 6.43. The molecule has 1 aromatic rings. The molecule has 4 nitrogen and oxygen atoms in total. The lowest BCUT2D eigenvalue weighted by Gasteiger charge is -1.99. The molecule has 0 aliphatic carbocycles. The summed E-state index contributed by atoms with van der Waals surface area (Å²) in [6.45, 7) is 0.669. The van der Waals surface area contributed by atoms with Crippen molar-refractivity contribution in [1.29, 1.82) is 0 Å². The van der Waals surface area contributed by atoms with Crippen molar-refractivity contribution in [1.82, 2.24) is 0 Å². The van der Waals surface area contributed by atoms with E-state index in [1.165, 1.54) is 0 Å². The Morgan fingerprint density at radius 3 is 3.17 bits per heavy atom. The fourth-order valence-corrected chi connectivity index (χ4v) is 1.32. The van der Waals surface area contributed by atoms with Crippen LogP contribution in [-0.4, -0.2) is 17.6 Å². The summed E-state index contributed by atoms with van der Waals surface area (Å²) in [5, 5.41) is 12.9. The van der Waals surface area contributed by atoms with E-state index in [2.05, 4.69) is 5.16 Å². The van der Waals surface area contributed by atoms with Crippen LogP contribution in [0.1, 0.15) is 4.88 Å². The average molecular weight is 186 g/mol. The number of rotatable bonds is 4. The summed E-state index contributed by atoms with van der Waals surface area (Å²) in [7, 11) is 0. The van der Waals surface area contributed by atoms with Crippen LogP contribution in [0, 0.1) is 0 Å². The van der Waals surface area contributed by atoms with Gasteiger partial charge in [0, 0.05) is 4.88 Å². The van der Waals surface area contributed by atoms with Crippen LogP contribution in [0.2, 0.25) is 0 Å². The minimum Gasteiger partial charge on any atom is -0.409 e. The van der Waals surface area contributed by atoms with E-state index in [1.807, 2.05) is 17.5 Å². The minimum absolute atomic E-state index is 0.0894. The highest BCUT2D eigenvalue weighted by Gasteiger charge is 1.95. The lowest BCUT2D eigenvalue weighted by molar-refractivity contribution is 0.157. The van der Waals surface area contributed by atoms with Crippen LogP contribution in [0.4, 0.5) is 0 Å². The van der Waals surface area contributed by atoms with Crippen LogP contribution >= 0.6 is 11.3 Å². The van der Waals surface area contributed by atoms with Crippen LogP contribution in [0.5, 0.6) is 0 Å². The molecule has 0 aliphatic rings. The van der Waals surface area contributed by atoms with Crippen LogP contribution < -0.4 is 5.73 Å². The number of ether oxygens (including phenoxy) is 1. The Morgan fingerprint density at radius 2 is 2.58 bits per heavy atom. The zero-order valence-corrected chi connectivity index (χ0v) is 7.25. The molecule has 0 aromatic carbocycles. The predicted octanol–water partition coefficient (Wildman–Crippen LogP) is 1.01. The predicted molar refractivity (Wildman–Crippen MR) is 47.4 cm³/mol. The summed E-state index contributed by atoms with van der Waals surface area (Å²) >= 11 is 1.61. The number of nitrogens with two attached hydrogens (primary N) is 1. The summed E-state index contributed by atoms with van der Waals surface area (Å²) in [4.78, 5) is 1.13. The van der Waals surface area contributed by atoms with Gasteiger partial charge in [-0.1, -0.05) is 11.2 Å². The molecule has 0 amide bonds. The molecular formula is C7H10N2O2S. The van der Waals surface area contributed by atoms with Gasteiger partial charge in [0.25, 0.3) is 0 Å². The van der Waals surface area contributed by atoms with Gasteiger partial charge in [-0.15, -0.1) is 11.3 Å². The Balaban J connectivity index is 2.19. The summed E-state index contributed by atoms with van der Waals surface area (Å²) in [5.41, 5.74) is 5.19. The maximum Gasteiger partial charge on any atom is 0.165 e. The number of oxime groups is 1. The zero-order chi connectivity index (χ0) is 8.81. The highest BCUT2D eigenvalue weighted by molar-refractivity contribution is 7.09. The number of amidine groups is 1. The molecule has 0 spiro atoms. The fraction of sp³-hybridized carbons (Fsp3) is 0.286. The third kappa shape index (κ3) is 2.89. The van der Waals surface area contributed by atoms with Crippen molar-refractivity contribution in [3.63, 3.8) is 0 Å². The summed E-state index contributed by atoms with van der Waals surface area (Å²) in [5.74, 6) is 0.0894. The van der Waals surface area contributed by atoms with Gasteiger partial charge in [0.15, 0.2) is 5.84 Å². The third-order valence-electron chi connectivity index (χ3n) is 1.20. The molecule has 0 unspecified atom stereocenters. The molecule has 12 heavy (non-hydrogen) atoms. The second kappa shape index (κ2) is 4.74. The maximum atomic E-state index is 8.18. The van der Waals surface area contributed by atoms with E-state index in [9.17, 15) is 0 Å². The van der Waals surface area contributed by atoms with Crippen molar-refractivity contribution in [2.75, 3.05) is 6.61 Å². The second-order valence-electron chi connectivity index (χ2n) is 2.16. The summed E-state index contributed by atoms with van der Waals surface area (Å²) in [6.07, 6.45) is 0. The highest BCUT2D eigenvalue weighted by Crippen LogP contribution is 2.08. The van der Waals surface area contributed by atoms with Crippen molar-refractivity contribution in [2.24, 2.45) is 10.9 Å². The van der Waals surface area contributed by atoms with Gasteiger partial charge in [0.2, 0.25) is 0 Å². The number of hydrogen-bond donors (Lipinski definition) is 2. The van der Waals surface area contributed by atoms with Gasteiger partial charge < -0.3 is 15.7 Å². The molecule has 1 heterocycles. The Labute approximate surface area is 74.3 Å². The van der Waals surface area contributed by atoms with E-state index < -0.39 is 0 Å². The lowest BCUT2D eigenvalue weighted by Crippen LogP contribution is -2.18. The molecule has 0 fully saturated rings. The van der Waals surface area contributed by atoms with Crippen molar-refractivity contribution in [3.05, 3.63) is 22.4 Å². The van der Waals surface area contributed by atoms with Crippen LogP contribution in [0.3, 0.4) is 0 Å². The van der Waals surface area contributed by atoms with Gasteiger partial charge in [-0.2, -0.15) is 0 Å². The Bertz CT molecular complexity index is 246. The SMILES string of the molecule is NC(COCc1cccs1)=NO. The quantitative estimate of drug-likeness (QED) is 0.319. The van der Waals surface area contributed by atoms with Crippen molar-refractivity contribution in [3.8, 4) is 0 Å². The minimum atomic E-state index is 0.0894. The smallest absolute Gasteiger partial charge is 0.165 e. The Kier molecular flexibility index (Phi) is 3.56. The van der Waals surface area contributed by atoms with Crippen LogP contribution in [0.15, 0.2) is 22.7 Å². The largest absolute Gasteiger partial charge is 0.409 e. The average Bonchev–Trinajstić information content (AvgIpc) is 2.57. The molecular weight excluding hydrogens is 176 g/mol. The van der Waals surface area contributed by atoms with Gasteiger partial charge in [-0.25, -0.2) is 0 Å². The first-order valence-corrected chi connectivity index (χ1v) is 4.27. The first-order chi connectivity index (χ1) is 5.83. The Morgan fingerprint density at radius 1 is 1.75 bits per heavy atom. The van der Waals surface area contributed by atoms with E-state index >= 15 is 0 Å². The van der Waals surface area contributed by atoms with Crippen molar-refractivity contribution in [2.45, 2.75) is 6.61 Å². The number of hydrogen-bond acceptors (Lipinski definition) is 4. The maximum absolute atomic E-state index is 8.18. The third-order valence-corrected chi connectivity index (χ3v) is 2.05. The van der Waals surface area contributed by atoms with Gasteiger partial charge in [0.05, 0.1) is 6.61 Å². The van der Waals surface area contributed by atoms with Crippen molar-refractivity contribution < 1.29 is 9.94 Å². The van der Waals surface area contributed by atoms with Gasteiger partial charge >= 0.3 is 0 Å². The lowest BCUT2D eigenvalue weighted by atomic mass is 10.5. The molecule has 0 aliphatic heterocycles. The topological polar surface area (TPSA) is 67.8 Å². The van der Waals surface area contributed by atoms with Gasteiger partial charge in [0.1, 0.15) is 6.61 Å². The van der Waals surface area contributed by atoms with Crippen LogP contribution in [0.25, 0.3) is 0 Å². The molecule has 0 atom stereocenters. The van der Waals surface area contributed by atoms with E-state index in [0.717, 1.165) is 4.88 Å². The Hall–Kier alpha value is -1.07. The molecule has 66 valence electrons. The molecule has 0 radical (unpaired) electrons. The molecule has 3 N–H and O–H groups in total. The number of nitrogens with zero attached hydrogens (tertiary/aromatic N) is 1. The summed E-state index contributed by atoms with van der Waals surface area (Å²) in [6, 6.07) is 3.92. The molecule has 0 saturated heterocycles. The second-order valence-corrected chi connectivity index (χ2v) is 3.20. The standard InChI is InChI=1S/C7H10N2O2S/c8-7(9-10)5-11-4-6-2-1-3-12-6/h1-3,10H,4-5H2,(H2,8,9). The van der Waals surface area contributed by atoms with E-state index in [4.69, 9.17) is 15.7 Å². The van der Waals surface area contributed by atoms with Crippen molar-refractivity contribution >= 4 is 17.2 Å². The first-order valence-electron chi connectivity index (χ1n) is 3.39.